The number of nitrogens with one attached hydrogen (secondary N) is 2. The second-order valence-corrected chi connectivity index (χ2v) is 5.82. The molecule has 0 saturated heterocycles. The topological polar surface area (TPSA) is 54.0 Å². The molecule has 0 fully saturated rings. The Labute approximate surface area is 149 Å². The van der Waals surface area contributed by atoms with Gasteiger partial charge < -0.3 is 10.6 Å². The molecular formula is C20H17F2N3O. The van der Waals surface area contributed by atoms with E-state index in [9.17, 15) is 13.6 Å². The summed E-state index contributed by atoms with van der Waals surface area (Å²) in [6, 6.07) is 14.4. The predicted octanol–water partition coefficient (Wildman–Crippen LogP) is 4.34. The van der Waals surface area contributed by atoms with Crippen LogP contribution in [0.4, 0.5) is 20.2 Å². The third-order valence-corrected chi connectivity index (χ3v) is 3.76. The van der Waals surface area contributed by atoms with Gasteiger partial charge in [0, 0.05) is 18.4 Å². The highest BCUT2D eigenvalue weighted by Gasteiger charge is 2.11. The summed E-state index contributed by atoms with van der Waals surface area (Å²) >= 11 is 0. The monoisotopic (exact) mass is 353 g/mol. The quantitative estimate of drug-likeness (QED) is 0.717. The van der Waals surface area contributed by atoms with Gasteiger partial charge in [-0.2, -0.15) is 0 Å². The SMILES string of the molecule is Cc1cccc(CNC(=O)c2cc(Nc3c(F)cccc3F)ccn2)c1. The Hall–Kier alpha value is -3.28. The molecule has 0 aliphatic heterocycles. The van der Waals surface area contributed by atoms with E-state index in [-0.39, 0.29) is 17.3 Å². The summed E-state index contributed by atoms with van der Waals surface area (Å²) in [7, 11) is 0. The molecular weight excluding hydrogens is 336 g/mol. The van der Waals surface area contributed by atoms with E-state index >= 15 is 0 Å². The Morgan fingerprint density at radius 1 is 1.04 bits per heavy atom. The lowest BCUT2D eigenvalue weighted by molar-refractivity contribution is 0.0946. The molecule has 0 spiro atoms. The summed E-state index contributed by atoms with van der Waals surface area (Å²) in [5.41, 5.74) is 2.32. The fraction of sp³-hybridized carbons (Fsp3) is 0.100. The highest BCUT2D eigenvalue weighted by Crippen LogP contribution is 2.23. The second kappa shape index (κ2) is 7.74. The first-order chi connectivity index (χ1) is 12.5. The predicted molar refractivity (Wildman–Crippen MR) is 96.2 cm³/mol. The first kappa shape index (κ1) is 17.5. The summed E-state index contributed by atoms with van der Waals surface area (Å²) in [5, 5.41) is 5.43. The average molecular weight is 353 g/mol. The maximum atomic E-state index is 13.7. The summed E-state index contributed by atoms with van der Waals surface area (Å²) in [4.78, 5) is 16.3. The maximum absolute atomic E-state index is 13.7. The number of hydrogen-bond donors (Lipinski definition) is 2. The Morgan fingerprint density at radius 2 is 1.77 bits per heavy atom. The number of hydrogen-bond acceptors (Lipinski definition) is 3. The summed E-state index contributed by atoms with van der Waals surface area (Å²) in [6.45, 7) is 2.34. The number of nitrogens with zero attached hydrogens (tertiary/aromatic N) is 1. The Morgan fingerprint density at radius 3 is 2.50 bits per heavy atom. The number of anilines is 2. The van der Waals surface area contributed by atoms with Crippen LogP contribution in [0.3, 0.4) is 0 Å². The number of benzene rings is 2. The Bertz CT molecular complexity index is 924. The van der Waals surface area contributed by atoms with Crippen molar-refractivity contribution in [3.8, 4) is 0 Å². The highest BCUT2D eigenvalue weighted by molar-refractivity contribution is 5.93. The molecule has 0 bridgehead atoms. The van der Waals surface area contributed by atoms with E-state index in [1.165, 1.54) is 24.4 Å². The fourth-order valence-electron chi connectivity index (χ4n) is 2.49. The molecule has 1 amide bonds. The molecule has 0 radical (unpaired) electrons. The molecule has 2 aromatic carbocycles. The number of halogens is 2. The molecule has 0 unspecified atom stereocenters. The van der Waals surface area contributed by atoms with Crippen LogP contribution in [-0.4, -0.2) is 10.9 Å². The third-order valence-electron chi connectivity index (χ3n) is 3.76. The molecule has 4 nitrogen and oxygen atoms in total. The van der Waals surface area contributed by atoms with Crippen LogP contribution in [0.1, 0.15) is 21.6 Å². The van der Waals surface area contributed by atoms with Gasteiger partial charge in [0.15, 0.2) is 0 Å². The zero-order valence-corrected chi connectivity index (χ0v) is 14.1. The Kier molecular flexibility index (Phi) is 5.22. The maximum Gasteiger partial charge on any atom is 0.270 e. The van der Waals surface area contributed by atoms with Crippen LogP contribution in [0.15, 0.2) is 60.8 Å². The summed E-state index contributed by atoms with van der Waals surface area (Å²) in [5.74, 6) is -1.80. The van der Waals surface area contributed by atoms with Crippen molar-refractivity contribution in [2.45, 2.75) is 13.5 Å². The van der Waals surface area contributed by atoms with Crippen molar-refractivity contribution < 1.29 is 13.6 Å². The van der Waals surface area contributed by atoms with Crippen LogP contribution in [0, 0.1) is 18.6 Å². The van der Waals surface area contributed by atoms with Crippen LogP contribution < -0.4 is 10.6 Å². The molecule has 0 saturated carbocycles. The minimum Gasteiger partial charge on any atom is -0.351 e. The molecule has 0 atom stereocenters. The van der Waals surface area contributed by atoms with Crippen molar-refractivity contribution in [3.63, 3.8) is 0 Å². The van der Waals surface area contributed by atoms with Gasteiger partial charge in [0.1, 0.15) is 23.0 Å². The zero-order chi connectivity index (χ0) is 18.5. The van der Waals surface area contributed by atoms with Gasteiger partial charge >= 0.3 is 0 Å². The fourth-order valence-corrected chi connectivity index (χ4v) is 2.49. The van der Waals surface area contributed by atoms with E-state index in [1.54, 1.807) is 0 Å². The van der Waals surface area contributed by atoms with Crippen LogP contribution in [0.25, 0.3) is 0 Å². The van der Waals surface area contributed by atoms with Crippen LogP contribution in [-0.2, 0) is 6.54 Å². The van der Waals surface area contributed by atoms with E-state index in [0.717, 1.165) is 23.3 Å². The highest BCUT2D eigenvalue weighted by atomic mass is 19.1. The molecule has 1 heterocycles. The number of carbonyl (C=O) groups excluding carboxylic acids is 1. The van der Waals surface area contributed by atoms with E-state index < -0.39 is 11.6 Å². The number of amides is 1. The lowest BCUT2D eigenvalue weighted by Crippen LogP contribution is -2.23. The van der Waals surface area contributed by atoms with E-state index in [1.807, 2.05) is 31.2 Å². The van der Waals surface area contributed by atoms with Gasteiger partial charge in [-0.25, -0.2) is 8.78 Å². The molecule has 26 heavy (non-hydrogen) atoms. The third kappa shape index (κ3) is 4.22. The van der Waals surface area contributed by atoms with Gasteiger partial charge in [0.2, 0.25) is 0 Å². The molecule has 132 valence electrons. The summed E-state index contributed by atoms with van der Waals surface area (Å²) < 4.78 is 27.5. The van der Waals surface area contributed by atoms with Crippen molar-refractivity contribution in [2.24, 2.45) is 0 Å². The zero-order valence-electron chi connectivity index (χ0n) is 14.1. The van der Waals surface area contributed by atoms with Crippen molar-refractivity contribution in [1.82, 2.24) is 10.3 Å². The lowest BCUT2D eigenvalue weighted by Gasteiger charge is -2.10. The number of para-hydroxylation sites is 1. The van der Waals surface area contributed by atoms with Crippen LogP contribution in [0.2, 0.25) is 0 Å². The standard InChI is InChI=1S/C20H17F2N3O/c1-13-4-2-5-14(10-13)12-24-20(26)18-11-15(8-9-23-18)25-19-16(21)6-3-7-17(19)22/h2-11H,12H2,1H3,(H,23,25)(H,24,26). The number of carbonyl (C=O) groups is 1. The van der Waals surface area contributed by atoms with E-state index in [4.69, 9.17) is 0 Å². The molecule has 3 aromatic rings. The molecule has 0 aliphatic carbocycles. The summed E-state index contributed by atoms with van der Waals surface area (Å²) in [6.07, 6.45) is 1.41. The van der Waals surface area contributed by atoms with E-state index in [2.05, 4.69) is 15.6 Å². The average Bonchev–Trinajstić information content (AvgIpc) is 2.63. The van der Waals surface area contributed by atoms with Gasteiger partial charge in [-0.05, 0) is 36.8 Å². The number of pyridine rings is 1. The molecule has 0 aliphatic rings. The van der Waals surface area contributed by atoms with Gasteiger partial charge in [0.05, 0.1) is 0 Å². The number of aromatic nitrogens is 1. The number of rotatable bonds is 5. The molecule has 6 heteroatoms. The van der Waals surface area contributed by atoms with Crippen molar-refractivity contribution in [1.29, 1.82) is 0 Å². The van der Waals surface area contributed by atoms with Crippen LogP contribution >= 0.6 is 0 Å². The minimum atomic E-state index is -0.715. The second-order valence-electron chi connectivity index (χ2n) is 5.82. The van der Waals surface area contributed by atoms with E-state index in [0.29, 0.717) is 12.2 Å². The molecule has 3 rings (SSSR count). The van der Waals surface area contributed by atoms with Crippen molar-refractivity contribution in [2.75, 3.05) is 5.32 Å². The van der Waals surface area contributed by atoms with Crippen LogP contribution in [0.5, 0.6) is 0 Å². The first-order valence-electron chi connectivity index (χ1n) is 8.04. The smallest absolute Gasteiger partial charge is 0.270 e. The van der Waals surface area contributed by atoms with Gasteiger partial charge in [-0.1, -0.05) is 35.9 Å². The number of aryl methyl sites for hydroxylation is 1. The molecule has 1 aromatic heterocycles. The molecule has 2 N–H and O–H groups in total. The van der Waals surface area contributed by atoms with Crippen molar-refractivity contribution >= 4 is 17.3 Å². The van der Waals surface area contributed by atoms with Gasteiger partial charge in [0.25, 0.3) is 5.91 Å². The minimum absolute atomic E-state index is 0.152. The van der Waals surface area contributed by atoms with Gasteiger partial charge in [-0.15, -0.1) is 0 Å². The first-order valence-corrected chi connectivity index (χ1v) is 8.04. The lowest BCUT2D eigenvalue weighted by atomic mass is 10.1. The van der Waals surface area contributed by atoms with Gasteiger partial charge in [-0.3, -0.25) is 9.78 Å². The van der Waals surface area contributed by atoms with Crippen molar-refractivity contribution in [3.05, 3.63) is 89.2 Å². The Balaban J connectivity index is 1.71. The normalized spacial score (nSPS) is 10.4. The largest absolute Gasteiger partial charge is 0.351 e.